The first-order valence-electron chi connectivity index (χ1n) is 6.91. The molecule has 21 heavy (non-hydrogen) atoms. The van der Waals surface area contributed by atoms with Crippen LogP contribution in [0.3, 0.4) is 0 Å². The van der Waals surface area contributed by atoms with Crippen molar-refractivity contribution in [1.82, 2.24) is 16.2 Å². The fourth-order valence-electron chi connectivity index (χ4n) is 2.34. The highest BCUT2D eigenvalue weighted by molar-refractivity contribution is 9.10. The van der Waals surface area contributed by atoms with Gasteiger partial charge in [0, 0.05) is 10.5 Å². The summed E-state index contributed by atoms with van der Waals surface area (Å²) >= 11 is 8.41. The average Bonchev–Trinajstić information content (AvgIpc) is 2.48. The molecule has 1 aliphatic carbocycles. The zero-order chi connectivity index (χ0) is 15.2. The van der Waals surface area contributed by atoms with Gasteiger partial charge in [0.05, 0.1) is 5.56 Å². The van der Waals surface area contributed by atoms with E-state index in [1.165, 1.54) is 25.3 Å². The standard InChI is InChI=1S/C14H18BrN3O2S/c15-9-6-7-12(19)11(8-9)13(20)17-18-14(21)16-10-4-2-1-3-5-10/h6-8,10,19H,1-5H2,(H,17,20)(H2,16,18,21). The van der Waals surface area contributed by atoms with Crippen LogP contribution in [0.15, 0.2) is 22.7 Å². The van der Waals surface area contributed by atoms with Gasteiger partial charge in [-0.1, -0.05) is 35.2 Å². The molecule has 0 aliphatic heterocycles. The van der Waals surface area contributed by atoms with Crippen LogP contribution < -0.4 is 16.2 Å². The van der Waals surface area contributed by atoms with Crippen molar-refractivity contribution < 1.29 is 9.90 Å². The number of carbonyl (C=O) groups is 1. The minimum absolute atomic E-state index is 0.0799. The molecule has 1 amide bonds. The fourth-order valence-corrected chi connectivity index (χ4v) is 2.92. The molecule has 0 spiro atoms. The molecule has 0 aromatic heterocycles. The number of hydrogen-bond donors (Lipinski definition) is 4. The number of aromatic hydroxyl groups is 1. The van der Waals surface area contributed by atoms with Crippen molar-refractivity contribution in [2.45, 2.75) is 38.1 Å². The molecule has 0 saturated heterocycles. The van der Waals surface area contributed by atoms with Gasteiger partial charge in [-0.05, 0) is 43.3 Å². The second-order valence-electron chi connectivity index (χ2n) is 5.05. The Bertz CT molecular complexity index is 533. The van der Waals surface area contributed by atoms with Gasteiger partial charge in [0.15, 0.2) is 5.11 Å². The van der Waals surface area contributed by atoms with Crippen LogP contribution >= 0.6 is 28.1 Å². The summed E-state index contributed by atoms with van der Waals surface area (Å²) in [6.07, 6.45) is 5.89. The molecule has 1 aromatic carbocycles. The van der Waals surface area contributed by atoms with Crippen molar-refractivity contribution in [2.24, 2.45) is 0 Å². The number of hydrazine groups is 1. The second kappa shape index (κ2) is 7.61. The molecule has 0 heterocycles. The summed E-state index contributed by atoms with van der Waals surface area (Å²) in [7, 11) is 0. The fraction of sp³-hybridized carbons (Fsp3) is 0.429. The van der Waals surface area contributed by atoms with E-state index in [9.17, 15) is 9.90 Å². The van der Waals surface area contributed by atoms with Gasteiger partial charge >= 0.3 is 0 Å². The highest BCUT2D eigenvalue weighted by Gasteiger charge is 2.15. The quantitative estimate of drug-likeness (QED) is 0.475. The normalized spacial score (nSPS) is 15.3. The van der Waals surface area contributed by atoms with Gasteiger partial charge in [-0.25, -0.2) is 0 Å². The van der Waals surface area contributed by atoms with E-state index in [-0.39, 0.29) is 11.3 Å². The first kappa shape index (κ1) is 16.0. The van der Waals surface area contributed by atoms with Crippen molar-refractivity contribution in [1.29, 1.82) is 0 Å². The maximum absolute atomic E-state index is 12.0. The molecule has 0 radical (unpaired) electrons. The Balaban J connectivity index is 1.82. The molecule has 0 atom stereocenters. The summed E-state index contributed by atoms with van der Waals surface area (Å²) in [5.74, 6) is -0.523. The number of phenolic OH excluding ortho intramolecular Hbond substituents is 1. The van der Waals surface area contributed by atoms with E-state index in [4.69, 9.17) is 12.2 Å². The molecule has 1 saturated carbocycles. The van der Waals surface area contributed by atoms with E-state index >= 15 is 0 Å². The Morgan fingerprint density at radius 1 is 1.24 bits per heavy atom. The first-order chi connectivity index (χ1) is 10.1. The summed E-state index contributed by atoms with van der Waals surface area (Å²) in [5, 5.41) is 13.3. The smallest absolute Gasteiger partial charge is 0.273 e. The average molecular weight is 372 g/mol. The molecule has 4 N–H and O–H groups in total. The number of hydrogen-bond acceptors (Lipinski definition) is 3. The van der Waals surface area contributed by atoms with E-state index in [1.54, 1.807) is 12.1 Å². The minimum atomic E-state index is -0.443. The predicted molar refractivity (Wildman–Crippen MR) is 89.0 cm³/mol. The van der Waals surface area contributed by atoms with E-state index in [0.29, 0.717) is 15.6 Å². The van der Waals surface area contributed by atoms with Crippen LogP contribution in [0, 0.1) is 0 Å². The van der Waals surface area contributed by atoms with Crippen molar-refractivity contribution in [3.63, 3.8) is 0 Å². The third kappa shape index (κ3) is 4.86. The van der Waals surface area contributed by atoms with Crippen LogP contribution in [0.5, 0.6) is 5.75 Å². The van der Waals surface area contributed by atoms with Crippen LogP contribution in [0.2, 0.25) is 0 Å². The van der Waals surface area contributed by atoms with Crippen LogP contribution in [-0.2, 0) is 0 Å². The summed E-state index contributed by atoms with van der Waals surface area (Å²) in [5.41, 5.74) is 5.33. The van der Waals surface area contributed by atoms with Crippen molar-refractivity contribution in [3.8, 4) is 5.75 Å². The molecule has 1 aromatic rings. The van der Waals surface area contributed by atoms with E-state index in [0.717, 1.165) is 12.8 Å². The van der Waals surface area contributed by atoms with Crippen LogP contribution in [0.25, 0.3) is 0 Å². The maximum atomic E-state index is 12.0. The van der Waals surface area contributed by atoms with Gasteiger partial charge < -0.3 is 10.4 Å². The number of rotatable bonds is 2. The molecule has 2 rings (SSSR count). The van der Waals surface area contributed by atoms with Crippen LogP contribution in [-0.4, -0.2) is 22.2 Å². The Morgan fingerprint density at radius 2 is 1.95 bits per heavy atom. The Kier molecular flexibility index (Phi) is 5.81. The molecule has 0 bridgehead atoms. The third-order valence-corrected chi connectivity index (χ3v) is 4.15. The van der Waals surface area contributed by atoms with E-state index in [2.05, 4.69) is 32.1 Å². The summed E-state index contributed by atoms with van der Waals surface area (Å²) in [4.78, 5) is 12.0. The highest BCUT2D eigenvalue weighted by Crippen LogP contribution is 2.21. The number of halogens is 1. The van der Waals surface area contributed by atoms with Crippen molar-refractivity contribution in [3.05, 3.63) is 28.2 Å². The summed E-state index contributed by atoms with van der Waals surface area (Å²) in [6, 6.07) is 5.03. The molecule has 5 nitrogen and oxygen atoms in total. The van der Waals surface area contributed by atoms with Gasteiger partial charge in [0.1, 0.15) is 5.75 Å². The molecule has 114 valence electrons. The van der Waals surface area contributed by atoms with Gasteiger partial charge in [-0.15, -0.1) is 0 Å². The second-order valence-corrected chi connectivity index (χ2v) is 6.37. The minimum Gasteiger partial charge on any atom is -0.507 e. The lowest BCUT2D eigenvalue weighted by Gasteiger charge is -2.24. The molecular weight excluding hydrogens is 354 g/mol. The highest BCUT2D eigenvalue weighted by atomic mass is 79.9. The van der Waals surface area contributed by atoms with E-state index < -0.39 is 5.91 Å². The lowest BCUT2D eigenvalue weighted by atomic mass is 9.96. The lowest BCUT2D eigenvalue weighted by molar-refractivity contribution is 0.0940. The number of benzene rings is 1. The van der Waals surface area contributed by atoms with Crippen molar-refractivity contribution >= 4 is 39.2 Å². The number of amides is 1. The maximum Gasteiger partial charge on any atom is 0.273 e. The Morgan fingerprint density at radius 3 is 2.67 bits per heavy atom. The molecule has 1 fully saturated rings. The predicted octanol–water partition coefficient (Wildman–Crippen LogP) is 2.60. The third-order valence-electron chi connectivity index (χ3n) is 3.43. The van der Waals surface area contributed by atoms with Crippen molar-refractivity contribution in [2.75, 3.05) is 0 Å². The number of phenols is 1. The molecule has 1 aliphatic rings. The Hall–Kier alpha value is -1.34. The SMILES string of the molecule is O=C(NNC(=S)NC1CCCCC1)c1cc(Br)ccc1O. The molecular formula is C14H18BrN3O2S. The first-order valence-corrected chi connectivity index (χ1v) is 8.12. The van der Waals surface area contributed by atoms with Gasteiger partial charge in [-0.2, -0.15) is 0 Å². The Labute approximate surface area is 137 Å². The zero-order valence-electron chi connectivity index (χ0n) is 11.5. The van der Waals surface area contributed by atoms with Gasteiger partial charge in [0.2, 0.25) is 0 Å². The largest absolute Gasteiger partial charge is 0.507 e. The van der Waals surface area contributed by atoms with Crippen LogP contribution in [0.4, 0.5) is 0 Å². The van der Waals surface area contributed by atoms with Gasteiger partial charge in [-0.3, -0.25) is 15.6 Å². The summed E-state index contributed by atoms with van der Waals surface area (Å²) < 4.78 is 0.716. The van der Waals surface area contributed by atoms with E-state index in [1.807, 2.05) is 0 Å². The molecule has 7 heteroatoms. The number of nitrogens with one attached hydrogen (secondary N) is 3. The van der Waals surface area contributed by atoms with Crippen LogP contribution in [0.1, 0.15) is 42.5 Å². The monoisotopic (exact) mass is 371 g/mol. The zero-order valence-corrected chi connectivity index (χ0v) is 13.9. The summed E-state index contributed by atoms with van der Waals surface area (Å²) in [6.45, 7) is 0. The number of thiocarbonyl (C=S) groups is 1. The topological polar surface area (TPSA) is 73.4 Å². The molecule has 0 unspecified atom stereocenters. The number of carbonyl (C=O) groups excluding carboxylic acids is 1. The lowest BCUT2D eigenvalue weighted by Crippen LogP contribution is -2.50. The van der Waals surface area contributed by atoms with Gasteiger partial charge in [0.25, 0.3) is 5.91 Å².